The second-order valence-electron chi connectivity index (χ2n) is 6.05. The smallest absolute Gasteiger partial charge is 0.339 e. The number of ether oxygens (including phenoxy) is 2. The molecule has 23 heavy (non-hydrogen) atoms. The monoisotopic (exact) mass is 318 g/mol. The van der Waals surface area contributed by atoms with Crippen molar-refractivity contribution in [2.75, 3.05) is 6.61 Å². The van der Waals surface area contributed by atoms with Crippen molar-refractivity contribution in [2.45, 2.75) is 64.4 Å². The summed E-state index contributed by atoms with van der Waals surface area (Å²) in [6.07, 6.45) is 8.42. The average Bonchev–Trinajstić information content (AvgIpc) is 2.53. The van der Waals surface area contributed by atoms with E-state index in [0.29, 0.717) is 17.7 Å². The predicted molar refractivity (Wildman–Crippen MR) is 88.5 cm³/mol. The first-order valence-corrected chi connectivity index (χ1v) is 8.69. The molecule has 0 spiro atoms. The second kappa shape index (κ2) is 9.33. The van der Waals surface area contributed by atoms with Crippen molar-refractivity contribution >= 4 is 11.9 Å². The van der Waals surface area contributed by atoms with Gasteiger partial charge in [0.2, 0.25) is 0 Å². The van der Waals surface area contributed by atoms with Crippen molar-refractivity contribution in [3.8, 4) is 0 Å². The summed E-state index contributed by atoms with van der Waals surface area (Å²) >= 11 is 0. The Hall–Kier alpha value is -1.84. The third-order valence-electron chi connectivity index (χ3n) is 4.17. The van der Waals surface area contributed by atoms with Crippen LogP contribution >= 0.6 is 0 Å². The molecule has 2 rings (SSSR count). The van der Waals surface area contributed by atoms with Crippen molar-refractivity contribution < 1.29 is 19.1 Å². The molecule has 1 aromatic rings. The molecule has 4 heteroatoms. The minimum absolute atomic E-state index is 0.00476. The molecule has 0 amide bonds. The van der Waals surface area contributed by atoms with E-state index < -0.39 is 11.9 Å². The summed E-state index contributed by atoms with van der Waals surface area (Å²) in [6.45, 7) is 2.56. The highest BCUT2D eigenvalue weighted by molar-refractivity contribution is 6.03. The number of rotatable bonds is 9. The van der Waals surface area contributed by atoms with Crippen LogP contribution in [0.1, 0.15) is 79.0 Å². The van der Waals surface area contributed by atoms with Gasteiger partial charge in [0.05, 0.1) is 17.7 Å². The molecule has 0 unspecified atom stereocenters. The molecule has 1 aliphatic carbocycles. The quantitative estimate of drug-likeness (QED) is 0.496. The standard InChI is InChI=1S/C19H26O4/c1-2-3-4-5-8-14-22-18(20)16-12-6-7-13-17(16)19(21)23-15-10-9-11-15/h6-7,12-13,15H,2-5,8-11,14H2,1H3. The first-order chi connectivity index (χ1) is 11.2. The maximum Gasteiger partial charge on any atom is 0.339 e. The lowest BCUT2D eigenvalue weighted by molar-refractivity contribution is 0.00849. The van der Waals surface area contributed by atoms with E-state index in [9.17, 15) is 9.59 Å². The molecule has 0 N–H and O–H groups in total. The number of benzene rings is 1. The van der Waals surface area contributed by atoms with Crippen LogP contribution in [0.4, 0.5) is 0 Å². The maximum atomic E-state index is 12.2. The topological polar surface area (TPSA) is 52.6 Å². The lowest BCUT2D eigenvalue weighted by Crippen LogP contribution is -2.26. The Kier molecular flexibility index (Phi) is 7.11. The number of hydrogen-bond acceptors (Lipinski definition) is 4. The fraction of sp³-hybridized carbons (Fsp3) is 0.579. The van der Waals surface area contributed by atoms with Gasteiger partial charge in [-0.25, -0.2) is 9.59 Å². The lowest BCUT2D eigenvalue weighted by atomic mass is 9.96. The van der Waals surface area contributed by atoms with Gasteiger partial charge in [-0.05, 0) is 37.8 Å². The summed E-state index contributed by atoms with van der Waals surface area (Å²) in [5.74, 6) is -0.869. The van der Waals surface area contributed by atoms with Crippen molar-refractivity contribution in [1.29, 1.82) is 0 Å². The van der Waals surface area contributed by atoms with Crippen LogP contribution in [-0.4, -0.2) is 24.6 Å². The number of carbonyl (C=O) groups excluding carboxylic acids is 2. The Morgan fingerprint density at radius 3 is 2.26 bits per heavy atom. The van der Waals surface area contributed by atoms with Crippen LogP contribution in [-0.2, 0) is 9.47 Å². The van der Waals surface area contributed by atoms with Gasteiger partial charge in [0.1, 0.15) is 6.10 Å². The Morgan fingerprint density at radius 1 is 1.00 bits per heavy atom. The summed E-state index contributed by atoms with van der Waals surface area (Å²) in [6, 6.07) is 6.71. The van der Waals surface area contributed by atoms with Gasteiger partial charge >= 0.3 is 11.9 Å². The van der Waals surface area contributed by atoms with E-state index in [1.165, 1.54) is 19.3 Å². The van der Waals surface area contributed by atoms with Crippen molar-refractivity contribution in [3.63, 3.8) is 0 Å². The summed E-state index contributed by atoms with van der Waals surface area (Å²) in [4.78, 5) is 24.4. The molecular formula is C19H26O4. The van der Waals surface area contributed by atoms with Crippen LogP contribution < -0.4 is 0 Å². The van der Waals surface area contributed by atoms with Crippen molar-refractivity contribution in [3.05, 3.63) is 35.4 Å². The van der Waals surface area contributed by atoms with Gasteiger partial charge in [-0.1, -0.05) is 44.7 Å². The fourth-order valence-corrected chi connectivity index (χ4v) is 2.49. The van der Waals surface area contributed by atoms with Crippen LogP contribution in [0.15, 0.2) is 24.3 Å². The molecule has 126 valence electrons. The molecule has 0 atom stereocenters. The van der Waals surface area contributed by atoms with Gasteiger partial charge in [-0.3, -0.25) is 0 Å². The highest BCUT2D eigenvalue weighted by Gasteiger charge is 2.25. The van der Waals surface area contributed by atoms with Gasteiger partial charge in [-0.15, -0.1) is 0 Å². The van der Waals surface area contributed by atoms with E-state index in [2.05, 4.69) is 6.92 Å². The van der Waals surface area contributed by atoms with Gasteiger partial charge in [0.25, 0.3) is 0 Å². The van der Waals surface area contributed by atoms with E-state index in [1.807, 2.05) is 0 Å². The van der Waals surface area contributed by atoms with E-state index in [0.717, 1.165) is 32.1 Å². The fourth-order valence-electron chi connectivity index (χ4n) is 2.49. The van der Waals surface area contributed by atoms with Gasteiger partial charge < -0.3 is 9.47 Å². The van der Waals surface area contributed by atoms with Crippen LogP contribution in [0.25, 0.3) is 0 Å². The minimum Gasteiger partial charge on any atom is -0.462 e. The normalized spacial score (nSPS) is 14.1. The van der Waals surface area contributed by atoms with Gasteiger partial charge in [-0.2, -0.15) is 0 Å². The van der Waals surface area contributed by atoms with Crippen molar-refractivity contribution in [1.82, 2.24) is 0 Å². The van der Waals surface area contributed by atoms with E-state index in [4.69, 9.17) is 9.47 Å². The molecule has 0 saturated heterocycles. The molecule has 1 aliphatic rings. The van der Waals surface area contributed by atoms with E-state index in [1.54, 1.807) is 24.3 Å². The second-order valence-corrected chi connectivity index (χ2v) is 6.05. The zero-order chi connectivity index (χ0) is 16.5. The minimum atomic E-state index is -0.443. The summed E-state index contributed by atoms with van der Waals surface area (Å²) in [7, 11) is 0. The molecule has 0 bridgehead atoms. The average molecular weight is 318 g/mol. The number of hydrogen-bond donors (Lipinski definition) is 0. The van der Waals surface area contributed by atoms with Crippen LogP contribution in [0.2, 0.25) is 0 Å². The summed E-state index contributed by atoms with van der Waals surface area (Å²) in [5, 5.41) is 0. The Balaban J connectivity index is 1.85. The van der Waals surface area contributed by atoms with Crippen LogP contribution in [0.3, 0.4) is 0 Å². The molecule has 1 saturated carbocycles. The number of esters is 2. The SMILES string of the molecule is CCCCCCCOC(=O)c1ccccc1C(=O)OC1CCC1. The molecule has 0 heterocycles. The first kappa shape index (κ1) is 17.5. The molecule has 0 aliphatic heterocycles. The molecule has 0 radical (unpaired) electrons. The first-order valence-electron chi connectivity index (χ1n) is 8.69. The Morgan fingerprint density at radius 2 is 1.65 bits per heavy atom. The molecule has 1 aromatic carbocycles. The van der Waals surface area contributed by atoms with Crippen molar-refractivity contribution in [2.24, 2.45) is 0 Å². The molecule has 4 nitrogen and oxygen atoms in total. The van der Waals surface area contributed by atoms with E-state index in [-0.39, 0.29) is 6.10 Å². The molecule has 0 aromatic heterocycles. The lowest BCUT2D eigenvalue weighted by Gasteiger charge is -2.25. The van der Waals surface area contributed by atoms with E-state index >= 15 is 0 Å². The number of unbranched alkanes of at least 4 members (excludes halogenated alkanes) is 4. The summed E-state index contributed by atoms with van der Waals surface area (Å²) < 4.78 is 10.7. The van der Waals surface area contributed by atoms with Gasteiger partial charge in [0.15, 0.2) is 0 Å². The molecular weight excluding hydrogens is 292 g/mol. The van der Waals surface area contributed by atoms with Crippen LogP contribution in [0, 0.1) is 0 Å². The number of carbonyl (C=O) groups is 2. The Bertz CT molecular complexity index is 520. The third-order valence-corrected chi connectivity index (χ3v) is 4.17. The largest absolute Gasteiger partial charge is 0.462 e. The highest BCUT2D eigenvalue weighted by atomic mass is 16.5. The summed E-state index contributed by atoms with van der Waals surface area (Å²) in [5.41, 5.74) is 0.598. The van der Waals surface area contributed by atoms with Gasteiger partial charge in [0, 0.05) is 0 Å². The Labute approximate surface area is 138 Å². The maximum absolute atomic E-state index is 12.2. The zero-order valence-electron chi connectivity index (χ0n) is 13.9. The predicted octanol–water partition coefficient (Wildman–Crippen LogP) is 4.52. The zero-order valence-corrected chi connectivity index (χ0v) is 13.9. The van der Waals surface area contributed by atoms with Crippen LogP contribution in [0.5, 0.6) is 0 Å². The third kappa shape index (κ3) is 5.38. The highest BCUT2D eigenvalue weighted by Crippen LogP contribution is 2.24. The molecule has 1 fully saturated rings.